The second-order valence-corrected chi connectivity index (χ2v) is 5.41. The van der Waals surface area contributed by atoms with E-state index >= 15 is 0 Å². The molecule has 0 bridgehead atoms. The van der Waals surface area contributed by atoms with Crippen LogP contribution in [0.3, 0.4) is 0 Å². The van der Waals surface area contributed by atoms with Crippen molar-refractivity contribution in [1.82, 2.24) is 15.1 Å². The lowest BCUT2D eigenvalue weighted by atomic mass is 10.1. The molecule has 1 fully saturated rings. The number of hydrogen-bond donors (Lipinski definition) is 1. The van der Waals surface area contributed by atoms with E-state index < -0.39 is 0 Å². The first-order valence-electron chi connectivity index (χ1n) is 5.91. The Bertz CT molecular complexity index is 334. The van der Waals surface area contributed by atoms with E-state index in [1.807, 2.05) is 4.68 Å². The minimum atomic E-state index is 0.139. The molecule has 1 N–H and O–H groups in total. The van der Waals surface area contributed by atoms with Crippen molar-refractivity contribution < 1.29 is 4.74 Å². The van der Waals surface area contributed by atoms with Crippen molar-refractivity contribution in [2.24, 2.45) is 0 Å². The summed E-state index contributed by atoms with van der Waals surface area (Å²) < 4.78 is 7.39. The molecule has 0 aliphatic carbocycles. The Balaban J connectivity index is 1.91. The van der Waals surface area contributed by atoms with Gasteiger partial charge in [0.05, 0.1) is 18.3 Å². The highest BCUT2D eigenvalue weighted by molar-refractivity contribution is 5.00. The normalized spacial score (nSPS) is 21.6. The van der Waals surface area contributed by atoms with Gasteiger partial charge in [0.1, 0.15) is 0 Å². The van der Waals surface area contributed by atoms with Crippen LogP contribution < -0.4 is 5.32 Å². The summed E-state index contributed by atoms with van der Waals surface area (Å²) in [6, 6.07) is 2.51. The zero-order valence-electron chi connectivity index (χ0n) is 10.4. The molecule has 1 aliphatic heterocycles. The molecule has 1 aromatic rings. The fourth-order valence-corrected chi connectivity index (χ4v) is 1.76. The molecule has 90 valence electrons. The van der Waals surface area contributed by atoms with Gasteiger partial charge in [-0.05, 0) is 33.3 Å². The smallest absolute Gasteiger partial charge is 0.0774 e. The van der Waals surface area contributed by atoms with Crippen LogP contribution in [0.1, 0.15) is 38.9 Å². The maximum absolute atomic E-state index is 5.36. The van der Waals surface area contributed by atoms with Crippen LogP contribution in [-0.4, -0.2) is 28.5 Å². The molecule has 4 heteroatoms. The third kappa shape index (κ3) is 3.06. The van der Waals surface area contributed by atoms with E-state index in [-0.39, 0.29) is 5.54 Å². The molecule has 1 aromatic heterocycles. The minimum absolute atomic E-state index is 0.139. The van der Waals surface area contributed by atoms with Crippen LogP contribution in [0, 0.1) is 0 Å². The Kier molecular flexibility index (Phi) is 3.30. The third-order valence-corrected chi connectivity index (χ3v) is 2.74. The second-order valence-electron chi connectivity index (χ2n) is 5.41. The molecule has 1 atom stereocenters. The van der Waals surface area contributed by atoms with E-state index in [1.54, 1.807) is 0 Å². The predicted molar refractivity (Wildman–Crippen MR) is 63.3 cm³/mol. The van der Waals surface area contributed by atoms with E-state index in [9.17, 15) is 0 Å². The summed E-state index contributed by atoms with van der Waals surface area (Å²) in [5, 5.41) is 8.00. The molecular formula is C12H21N3O. The zero-order chi connectivity index (χ0) is 11.6. The number of nitrogens with one attached hydrogen (secondary N) is 1. The summed E-state index contributed by atoms with van der Waals surface area (Å²) in [7, 11) is 0. The van der Waals surface area contributed by atoms with Gasteiger partial charge in [0.25, 0.3) is 0 Å². The zero-order valence-corrected chi connectivity index (χ0v) is 10.4. The first-order chi connectivity index (χ1) is 7.54. The van der Waals surface area contributed by atoms with E-state index in [1.165, 1.54) is 0 Å². The van der Waals surface area contributed by atoms with Crippen molar-refractivity contribution in [2.45, 2.75) is 45.3 Å². The molecule has 2 heterocycles. The highest BCUT2D eigenvalue weighted by Crippen LogP contribution is 2.17. The lowest BCUT2D eigenvalue weighted by Crippen LogP contribution is -2.35. The average Bonchev–Trinajstić information content (AvgIpc) is 2.84. The van der Waals surface area contributed by atoms with Crippen LogP contribution in [0.15, 0.2) is 12.3 Å². The first-order valence-corrected chi connectivity index (χ1v) is 5.91. The van der Waals surface area contributed by atoms with Gasteiger partial charge >= 0.3 is 0 Å². The Morgan fingerprint density at radius 2 is 2.38 bits per heavy atom. The van der Waals surface area contributed by atoms with Crippen molar-refractivity contribution in [3.05, 3.63) is 18.0 Å². The van der Waals surface area contributed by atoms with Crippen LogP contribution >= 0.6 is 0 Å². The molecule has 1 saturated heterocycles. The number of hydrogen-bond acceptors (Lipinski definition) is 3. The molecule has 0 radical (unpaired) electrons. The molecule has 0 saturated carbocycles. The summed E-state index contributed by atoms with van der Waals surface area (Å²) in [6.07, 6.45) is 3.13. The number of aromatic nitrogens is 2. The van der Waals surface area contributed by atoms with Crippen LogP contribution in [-0.2, 0) is 11.3 Å². The van der Waals surface area contributed by atoms with Gasteiger partial charge in [-0.1, -0.05) is 0 Å². The van der Waals surface area contributed by atoms with Crippen molar-refractivity contribution in [1.29, 1.82) is 0 Å². The van der Waals surface area contributed by atoms with E-state index in [2.05, 4.69) is 43.4 Å². The number of nitrogens with zero attached hydrogens (tertiary/aromatic N) is 2. The van der Waals surface area contributed by atoms with Gasteiger partial charge in [-0.25, -0.2) is 0 Å². The molecule has 16 heavy (non-hydrogen) atoms. The molecule has 1 aliphatic rings. The van der Waals surface area contributed by atoms with Crippen molar-refractivity contribution in [3.63, 3.8) is 0 Å². The van der Waals surface area contributed by atoms with Gasteiger partial charge in [-0.3, -0.25) is 4.68 Å². The third-order valence-electron chi connectivity index (χ3n) is 2.74. The topological polar surface area (TPSA) is 39.1 Å². The van der Waals surface area contributed by atoms with Crippen LogP contribution in [0.2, 0.25) is 0 Å². The highest BCUT2D eigenvalue weighted by Gasteiger charge is 2.18. The Morgan fingerprint density at radius 1 is 1.56 bits per heavy atom. The second kappa shape index (κ2) is 4.55. The van der Waals surface area contributed by atoms with E-state index in [0.717, 1.165) is 31.9 Å². The van der Waals surface area contributed by atoms with Gasteiger partial charge in [0, 0.05) is 24.9 Å². The van der Waals surface area contributed by atoms with Crippen LogP contribution in [0.25, 0.3) is 0 Å². The monoisotopic (exact) mass is 223 g/mol. The van der Waals surface area contributed by atoms with E-state index in [4.69, 9.17) is 4.74 Å². The van der Waals surface area contributed by atoms with Gasteiger partial charge in [0.2, 0.25) is 0 Å². The summed E-state index contributed by atoms with van der Waals surface area (Å²) in [6.45, 7) is 8.97. The molecule has 4 nitrogen and oxygen atoms in total. The predicted octanol–water partition coefficient (Wildman–Crippen LogP) is 1.73. The SMILES string of the molecule is CC(C)(C)NCc1ccn(C2CCOC2)n1. The Morgan fingerprint density at radius 3 is 3.00 bits per heavy atom. The summed E-state index contributed by atoms with van der Waals surface area (Å²) in [5.74, 6) is 0. The Hall–Kier alpha value is -0.870. The molecule has 2 rings (SSSR count). The maximum atomic E-state index is 5.36. The lowest BCUT2D eigenvalue weighted by molar-refractivity contribution is 0.184. The van der Waals surface area contributed by atoms with Gasteiger partial charge < -0.3 is 10.1 Å². The summed E-state index contributed by atoms with van der Waals surface area (Å²) in [4.78, 5) is 0. The molecule has 1 unspecified atom stereocenters. The molecular weight excluding hydrogens is 202 g/mol. The largest absolute Gasteiger partial charge is 0.379 e. The summed E-state index contributed by atoms with van der Waals surface area (Å²) >= 11 is 0. The van der Waals surface area contributed by atoms with E-state index in [0.29, 0.717) is 6.04 Å². The highest BCUT2D eigenvalue weighted by atomic mass is 16.5. The summed E-state index contributed by atoms with van der Waals surface area (Å²) in [5.41, 5.74) is 1.24. The fraction of sp³-hybridized carbons (Fsp3) is 0.750. The van der Waals surface area contributed by atoms with Gasteiger partial charge in [-0.15, -0.1) is 0 Å². The molecule has 0 amide bonds. The standard InChI is InChI=1S/C12H21N3O/c1-12(2,3)13-8-10-4-6-15(14-10)11-5-7-16-9-11/h4,6,11,13H,5,7-9H2,1-3H3. The Labute approximate surface area is 97.0 Å². The first kappa shape index (κ1) is 11.6. The van der Waals surface area contributed by atoms with Crippen molar-refractivity contribution in [2.75, 3.05) is 13.2 Å². The van der Waals surface area contributed by atoms with Gasteiger partial charge in [-0.2, -0.15) is 5.10 Å². The van der Waals surface area contributed by atoms with Crippen LogP contribution in [0.4, 0.5) is 0 Å². The quantitative estimate of drug-likeness (QED) is 0.848. The fourth-order valence-electron chi connectivity index (χ4n) is 1.76. The van der Waals surface area contributed by atoms with Crippen molar-refractivity contribution >= 4 is 0 Å². The number of rotatable bonds is 3. The van der Waals surface area contributed by atoms with Crippen LogP contribution in [0.5, 0.6) is 0 Å². The molecule has 0 spiro atoms. The average molecular weight is 223 g/mol. The van der Waals surface area contributed by atoms with Gasteiger partial charge in [0.15, 0.2) is 0 Å². The molecule has 0 aromatic carbocycles. The minimum Gasteiger partial charge on any atom is -0.379 e. The number of ether oxygens (including phenoxy) is 1. The lowest BCUT2D eigenvalue weighted by Gasteiger charge is -2.19. The maximum Gasteiger partial charge on any atom is 0.0774 e. The van der Waals surface area contributed by atoms with Crippen molar-refractivity contribution in [3.8, 4) is 0 Å².